The second-order valence-corrected chi connectivity index (χ2v) is 5.84. The van der Waals surface area contributed by atoms with Gasteiger partial charge in [-0.2, -0.15) is 0 Å². The fraction of sp³-hybridized carbons (Fsp3) is 0.625. The number of nitrogens with two attached hydrogens (primary N) is 1. The molecule has 0 saturated heterocycles. The highest BCUT2D eigenvalue weighted by Crippen LogP contribution is 2.15. The molecule has 0 unspecified atom stereocenters. The van der Waals surface area contributed by atoms with Gasteiger partial charge in [0.15, 0.2) is 9.84 Å². The predicted octanol–water partition coefficient (Wildman–Crippen LogP) is -1.39. The van der Waals surface area contributed by atoms with Crippen LogP contribution >= 0.6 is 0 Å². The molecule has 2 heterocycles. The van der Waals surface area contributed by atoms with Crippen LogP contribution in [0.15, 0.2) is 4.79 Å². The smallest absolute Gasteiger partial charge is 0.270 e. The Labute approximate surface area is 87.0 Å². The number of aromatic nitrogens is 2. The van der Waals surface area contributed by atoms with E-state index in [0.29, 0.717) is 30.8 Å². The summed E-state index contributed by atoms with van der Waals surface area (Å²) >= 11 is 0. The van der Waals surface area contributed by atoms with Crippen molar-refractivity contribution < 1.29 is 8.42 Å². The fourth-order valence-corrected chi connectivity index (χ4v) is 3.12. The van der Waals surface area contributed by atoms with Crippen LogP contribution in [0.2, 0.25) is 0 Å². The molecule has 0 atom stereocenters. The first kappa shape index (κ1) is 10.4. The molecule has 2 rings (SSSR count). The summed E-state index contributed by atoms with van der Waals surface area (Å²) in [6, 6.07) is 0. The molecule has 1 aliphatic rings. The summed E-state index contributed by atoms with van der Waals surface area (Å²) in [7, 11) is -3.03. The Balaban J connectivity index is 2.46. The second-order valence-electron chi connectivity index (χ2n) is 3.66. The van der Waals surface area contributed by atoms with Crippen LogP contribution in [0.3, 0.4) is 0 Å². The van der Waals surface area contributed by atoms with Gasteiger partial charge in [-0.3, -0.25) is 14.6 Å². The van der Waals surface area contributed by atoms with Crippen LogP contribution in [0.25, 0.3) is 0 Å². The molecule has 84 valence electrons. The van der Waals surface area contributed by atoms with Crippen molar-refractivity contribution in [3.05, 3.63) is 21.6 Å². The van der Waals surface area contributed by atoms with Gasteiger partial charge in [0.1, 0.15) is 0 Å². The average Bonchev–Trinajstić information content (AvgIpc) is 2.42. The van der Waals surface area contributed by atoms with E-state index in [0.717, 1.165) is 0 Å². The number of fused-ring (bicyclic) bond motifs is 1. The van der Waals surface area contributed by atoms with Crippen molar-refractivity contribution in [3.8, 4) is 0 Å². The number of nitrogens with one attached hydrogen (secondary N) is 1. The van der Waals surface area contributed by atoms with Crippen LogP contribution in [-0.2, 0) is 28.6 Å². The summed E-state index contributed by atoms with van der Waals surface area (Å²) in [5, 5.41) is 2.80. The first-order valence-corrected chi connectivity index (χ1v) is 6.56. The zero-order chi connectivity index (χ0) is 11.1. The molecule has 0 bridgehead atoms. The van der Waals surface area contributed by atoms with Gasteiger partial charge in [-0.25, -0.2) is 8.42 Å². The van der Waals surface area contributed by atoms with Crippen molar-refractivity contribution in [3.63, 3.8) is 0 Å². The summed E-state index contributed by atoms with van der Waals surface area (Å²) in [6.07, 6.45) is 0.310. The second kappa shape index (κ2) is 3.49. The maximum Gasteiger partial charge on any atom is 0.270 e. The van der Waals surface area contributed by atoms with Crippen molar-refractivity contribution in [2.24, 2.45) is 5.73 Å². The van der Waals surface area contributed by atoms with Crippen LogP contribution in [0.5, 0.6) is 0 Å². The molecule has 0 saturated carbocycles. The minimum Gasteiger partial charge on any atom is -0.329 e. The van der Waals surface area contributed by atoms with Gasteiger partial charge in [0.2, 0.25) is 0 Å². The summed E-state index contributed by atoms with van der Waals surface area (Å²) in [5.41, 5.74) is 6.33. The molecule has 3 N–H and O–H groups in total. The molecular weight excluding hydrogens is 218 g/mol. The first-order valence-electron chi connectivity index (χ1n) is 4.74. The minimum atomic E-state index is -3.03. The number of hydrogen-bond acceptors (Lipinski definition) is 4. The van der Waals surface area contributed by atoms with Gasteiger partial charge in [0.25, 0.3) is 5.56 Å². The maximum absolute atomic E-state index is 11.7. The number of hydrogen-bond donors (Lipinski definition) is 2. The fourth-order valence-electron chi connectivity index (χ4n) is 1.79. The highest BCUT2D eigenvalue weighted by molar-refractivity contribution is 7.90. The maximum atomic E-state index is 11.7. The molecule has 0 aromatic carbocycles. The summed E-state index contributed by atoms with van der Waals surface area (Å²) in [4.78, 5) is 11.7. The van der Waals surface area contributed by atoms with E-state index < -0.39 is 9.84 Å². The van der Waals surface area contributed by atoms with Gasteiger partial charge in [0.05, 0.1) is 23.7 Å². The van der Waals surface area contributed by atoms with Crippen molar-refractivity contribution in [1.82, 2.24) is 9.78 Å². The number of aromatic amines is 1. The third-order valence-corrected chi connectivity index (χ3v) is 4.07. The molecule has 1 aromatic heterocycles. The number of nitrogens with zero attached hydrogens (tertiary/aromatic N) is 1. The van der Waals surface area contributed by atoms with Gasteiger partial charge < -0.3 is 5.73 Å². The third-order valence-electron chi connectivity index (χ3n) is 2.52. The molecule has 0 radical (unpaired) electrons. The molecule has 7 heteroatoms. The number of rotatable bonds is 2. The highest BCUT2D eigenvalue weighted by atomic mass is 32.2. The van der Waals surface area contributed by atoms with Crippen molar-refractivity contribution >= 4 is 9.84 Å². The molecule has 1 aliphatic heterocycles. The zero-order valence-electron chi connectivity index (χ0n) is 8.19. The Morgan fingerprint density at radius 3 is 2.87 bits per heavy atom. The van der Waals surface area contributed by atoms with Crippen LogP contribution < -0.4 is 11.3 Å². The van der Waals surface area contributed by atoms with Crippen molar-refractivity contribution in [2.45, 2.75) is 18.7 Å². The van der Waals surface area contributed by atoms with E-state index in [-0.39, 0.29) is 17.1 Å². The van der Waals surface area contributed by atoms with Gasteiger partial charge in [-0.05, 0) is 6.42 Å². The molecule has 0 spiro atoms. The van der Waals surface area contributed by atoms with Gasteiger partial charge in [0, 0.05) is 12.1 Å². The molecule has 15 heavy (non-hydrogen) atoms. The molecular formula is C8H13N3O3S. The number of H-pyrrole nitrogens is 1. The molecule has 1 aromatic rings. The topological polar surface area (TPSA) is 97.9 Å². The van der Waals surface area contributed by atoms with Crippen LogP contribution in [0.1, 0.15) is 11.3 Å². The van der Waals surface area contributed by atoms with E-state index in [4.69, 9.17) is 5.73 Å². The molecule has 6 nitrogen and oxygen atoms in total. The monoisotopic (exact) mass is 231 g/mol. The Morgan fingerprint density at radius 1 is 1.47 bits per heavy atom. The Morgan fingerprint density at radius 2 is 2.20 bits per heavy atom. The largest absolute Gasteiger partial charge is 0.329 e. The number of sulfone groups is 1. The van der Waals surface area contributed by atoms with Crippen LogP contribution in [0.4, 0.5) is 0 Å². The van der Waals surface area contributed by atoms with Gasteiger partial charge in [-0.1, -0.05) is 0 Å². The third kappa shape index (κ3) is 1.84. The predicted molar refractivity (Wildman–Crippen MR) is 55.3 cm³/mol. The Bertz CT molecular complexity index is 526. The molecule has 0 fully saturated rings. The minimum absolute atomic E-state index is 0.0604. The SMILES string of the molecule is NCCn1[nH]c2c(c1=O)CCS(=O)(=O)C2. The van der Waals surface area contributed by atoms with E-state index in [2.05, 4.69) is 5.10 Å². The molecule has 0 aliphatic carbocycles. The lowest BCUT2D eigenvalue weighted by atomic mass is 10.2. The Kier molecular flexibility index (Phi) is 2.43. The van der Waals surface area contributed by atoms with E-state index in [9.17, 15) is 13.2 Å². The highest BCUT2D eigenvalue weighted by Gasteiger charge is 2.26. The molecule has 0 amide bonds. The summed E-state index contributed by atoms with van der Waals surface area (Å²) < 4.78 is 24.1. The van der Waals surface area contributed by atoms with E-state index in [1.165, 1.54) is 4.68 Å². The zero-order valence-corrected chi connectivity index (χ0v) is 9.01. The van der Waals surface area contributed by atoms with E-state index in [1.807, 2.05) is 0 Å². The van der Waals surface area contributed by atoms with Crippen molar-refractivity contribution in [1.29, 1.82) is 0 Å². The van der Waals surface area contributed by atoms with E-state index in [1.54, 1.807) is 0 Å². The Hall–Kier alpha value is -1.08. The lowest BCUT2D eigenvalue weighted by molar-refractivity contribution is 0.587. The normalized spacial score (nSPS) is 18.7. The van der Waals surface area contributed by atoms with Gasteiger partial charge >= 0.3 is 0 Å². The van der Waals surface area contributed by atoms with Crippen LogP contribution in [-0.4, -0.2) is 30.5 Å². The summed E-state index contributed by atoms with van der Waals surface area (Å²) in [5.74, 6) is 0.00482. The van der Waals surface area contributed by atoms with E-state index >= 15 is 0 Å². The van der Waals surface area contributed by atoms with Crippen molar-refractivity contribution in [2.75, 3.05) is 12.3 Å². The summed E-state index contributed by atoms with van der Waals surface area (Å²) in [6.45, 7) is 0.748. The van der Waals surface area contributed by atoms with Gasteiger partial charge in [-0.15, -0.1) is 0 Å². The first-order chi connectivity index (χ1) is 7.03. The standard InChI is InChI=1S/C8H13N3O3S/c9-2-3-11-8(12)6-1-4-15(13,14)5-7(6)10-11/h10H,1-5,9H2. The van der Waals surface area contributed by atoms with Crippen LogP contribution in [0, 0.1) is 0 Å². The lowest BCUT2D eigenvalue weighted by Gasteiger charge is -2.09. The lowest BCUT2D eigenvalue weighted by Crippen LogP contribution is -2.25. The quantitative estimate of drug-likeness (QED) is 0.654. The average molecular weight is 231 g/mol.